The Morgan fingerprint density at radius 2 is 0.175 bits per heavy atom. The molecule has 318 valence electrons. The Kier molecular flexibility index (Phi) is 190. The summed E-state index contributed by atoms with van der Waals surface area (Å²) >= 11 is -55.5. The van der Waals surface area contributed by atoms with Gasteiger partial charge in [0.25, 0.3) is 0 Å². The van der Waals surface area contributed by atoms with E-state index in [0.717, 1.165) is 0 Å². The van der Waals surface area contributed by atoms with Crippen LogP contribution in [0.1, 0.15) is 0 Å². The summed E-state index contributed by atoms with van der Waals surface area (Å²) in [7, 11) is 0. The zero-order valence-electron chi connectivity index (χ0n) is 27.1. The fraction of sp³-hybridized carbons (Fsp3) is 0. The summed E-state index contributed by atoms with van der Waals surface area (Å²) in [5.41, 5.74) is 0. The van der Waals surface area contributed by atoms with E-state index in [4.69, 9.17) is 135 Å². The molecule has 0 bridgehead atoms. The molecule has 6 radical (unpaired) electrons. The van der Waals surface area contributed by atoms with Crippen molar-refractivity contribution in [1.82, 2.24) is 0 Å². The van der Waals surface area contributed by atoms with Crippen LogP contribution in [0.3, 0.4) is 0 Å². The van der Waals surface area contributed by atoms with Crippen LogP contribution in [-0.4, -0.2) is 200 Å². The molecule has 0 unspecified atom stereocenters. The van der Waals surface area contributed by atoms with Crippen molar-refractivity contribution < 1.29 is 340 Å². The van der Waals surface area contributed by atoms with E-state index in [0.29, 0.717) is 0 Å². The van der Waals surface area contributed by atoms with Crippen LogP contribution in [-0.2, 0) is 317 Å². The Hall–Kier alpha value is 7.42. The van der Waals surface area contributed by atoms with E-state index in [1.54, 1.807) is 0 Å². The monoisotopic (exact) mass is 2980 g/mol. The summed E-state index contributed by atoms with van der Waals surface area (Å²) < 4.78 is 329. The van der Waals surface area contributed by atoms with E-state index in [2.05, 4.69) is 0 Å². The molecule has 0 heterocycles. The Balaban J connectivity index is -0.0000000180. The standard InChI is InChI=1S/6Na.6H2O.33O.12W/h;;;;;;6*1H2;;;;;;;;;;;;;;;;;;;;;;;;;;;;;;;;;;;;;;;;;;;;;/q;;;;;;;;;;;;;;;;;;;;;;;;;;;;;;;;;;;;;;;;;;;;;;;;;;;;;;3*+2/p-6. The topological polar surface area (TPSA) is 685 Å². The Labute approximate surface area is 504 Å². The van der Waals surface area contributed by atoms with Gasteiger partial charge in [-0.25, -0.2) is 0 Å². The number of hydrogen-bond donors (Lipinski definition) is 6. The van der Waals surface area contributed by atoms with Gasteiger partial charge in [0.2, 0.25) is 0 Å². The average Bonchev–Trinajstić information content (AvgIpc) is 2.58. The maximum atomic E-state index is 8.87. The molecule has 0 fully saturated rings. The SMILES string of the molecule is [Na].[Na].[Na].[Na].[Na].[Na].[O]=[W](=[O])([OH])[OH].[O]=[W](=[O])([OH])[OH].[O]=[W](=[O])([OH])[OH].[O]=[W](=[O])=[O].[O]=[W](=[O])=[O].[O]=[W](=[O])=[O].[O]=[W](=[O])=[O].[O]=[W](=[O])=[O].[O]=[W](=[O])=[O].[O]=[W](=[O])=[O].[O]=[W](=[O])=[O].[O]=[W](=[O])=[O]. The minimum absolute atomic E-state index is 0. The second-order valence-corrected chi connectivity index (χ2v) is 26.0. The van der Waals surface area contributed by atoms with Crippen LogP contribution in [0.5, 0.6) is 0 Å². The maximum absolute atomic E-state index is 8.87. The van der Waals surface area contributed by atoms with Crippen LogP contribution in [0.15, 0.2) is 0 Å². The van der Waals surface area contributed by atoms with Crippen LogP contribution in [0.2, 0.25) is 0 Å². The Morgan fingerprint density at radius 1 is 0.175 bits per heavy atom. The zero-order valence-corrected chi connectivity index (χ0v) is 74.3. The number of hydrogen-bond acceptors (Lipinski definition) is 33. The Bertz CT molecular complexity index is 1730. The van der Waals surface area contributed by atoms with Gasteiger partial charge in [0.05, 0.1) is 0 Å². The van der Waals surface area contributed by atoms with E-state index in [9.17, 15) is 0 Å². The predicted octanol–water partition coefficient (Wildman–Crippen LogP) is -9.58. The molecule has 0 aliphatic rings. The van der Waals surface area contributed by atoms with E-state index >= 15 is 0 Å². The van der Waals surface area contributed by atoms with Gasteiger partial charge in [-0.05, 0) is 0 Å². The first-order valence-corrected chi connectivity index (χ1v) is 54.0. The molecule has 57 heavy (non-hydrogen) atoms. The van der Waals surface area contributed by atoms with Gasteiger partial charge in [0.15, 0.2) is 0 Å². The van der Waals surface area contributed by atoms with Gasteiger partial charge in [-0.2, -0.15) is 0 Å². The zero-order chi connectivity index (χ0) is 45.7. The molecular formula is H6Na6O39W12. The summed E-state index contributed by atoms with van der Waals surface area (Å²) in [5.74, 6) is 0. The summed E-state index contributed by atoms with van der Waals surface area (Å²) in [6.07, 6.45) is 0. The first-order valence-electron chi connectivity index (χ1n) is 6.60. The van der Waals surface area contributed by atoms with Gasteiger partial charge >= 0.3 is 340 Å². The van der Waals surface area contributed by atoms with Gasteiger partial charge in [-0.1, -0.05) is 0 Å². The summed E-state index contributed by atoms with van der Waals surface area (Å²) in [6, 6.07) is 0. The van der Waals surface area contributed by atoms with E-state index < -0.39 is 205 Å². The molecule has 39 nitrogen and oxygen atoms in total. The van der Waals surface area contributed by atoms with E-state index in [-0.39, 0.29) is 177 Å². The molecule has 0 saturated heterocycles. The molecular weight excluding hydrogens is 2970 g/mol. The van der Waals surface area contributed by atoms with Crippen molar-refractivity contribution in [1.29, 1.82) is 0 Å². The van der Waals surface area contributed by atoms with Crippen LogP contribution in [0, 0.1) is 0 Å². The molecule has 0 spiro atoms. The predicted molar refractivity (Wildman–Crippen MR) is 70.5 cm³/mol. The first-order chi connectivity index (χ1) is 21.6. The van der Waals surface area contributed by atoms with Crippen LogP contribution in [0.4, 0.5) is 0 Å². The summed E-state index contributed by atoms with van der Waals surface area (Å²) in [6.45, 7) is 0. The first kappa shape index (κ1) is 120. The molecule has 6 N–H and O–H groups in total. The fourth-order valence-electron chi connectivity index (χ4n) is 0. The van der Waals surface area contributed by atoms with Crippen LogP contribution < -0.4 is 0 Å². The quantitative estimate of drug-likeness (QED) is 0.123. The molecule has 0 saturated carbocycles. The summed E-state index contributed by atoms with van der Waals surface area (Å²) in [5, 5.41) is 0. The van der Waals surface area contributed by atoms with Crippen LogP contribution in [0.25, 0.3) is 0 Å². The van der Waals surface area contributed by atoms with Gasteiger partial charge < -0.3 is 0 Å². The van der Waals surface area contributed by atoms with Gasteiger partial charge in [-0.15, -0.1) is 0 Å². The normalized spacial score (nSPS) is 6.84. The van der Waals surface area contributed by atoms with Gasteiger partial charge in [-0.3, -0.25) is 0 Å². The van der Waals surface area contributed by atoms with E-state index in [1.807, 2.05) is 0 Å². The molecule has 0 aromatic carbocycles. The number of rotatable bonds is 0. The molecule has 0 aromatic rings. The molecule has 0 rings (SSSR count). The molecule has 0 amide bonds. The Morgan fingerprint density at radius 3 is 0.175 bits per heavy atom. The second-order valence-electron chi connectivity index (χ2n) is 3.18. The fourth-order valence-corrected chi connectivity index (χ4v) is 0. The van der Waals surface area contributed by atoms with Gasteiger partial charge in [0, 0.05) is 177 Å². The summed E-state index contributed by atoms with van der Waals surface area (Å²) in [4.78, 5) is 0. The minimum atomic E-state index is -5.67. The van der Waals surface area contributed by atoms with Crippen molar-refractivity contribution in [2.24, 2.45) is 0 Å². The van der Waals surface area contributed by atoms with Crippen LogP contribution >= 0.6 is 0 Å². The van der Waals surface area contributed by atoms with Crippen molar-refractivity contribution in [2.45, 2.75) is 0 Å². The molecule has 57 heteroatoms. The molecule has 0 aliphatic heterocycles. The molecule has 0 aliphatic carbocycles. The third-order valence-corrected chi connectivity index (χ3v) is 0. The third kappa shape index (κ3) is 4350. The third-order valence-electron chi connectivity index (χ3n) is 0. The second kappa shape index (κ2) is 89.9. The van der Waals surface area contributed by atoms with Gasteiger partial charge in [0.1, 0.15) is 0 Å². The van der Waals surface area contributed by atoms with Crippen molar-refractivity contribution in [2.75, 3.05) is 0 Å². The van der Waals surface area contributed by atoms with Crippen molar-refractivity contribution in [3.63, 3.8) is 0 Å². The molecule has 0 aromatic heterocycles. The average molecular weight is 2970 g/mol. The van der Waals surface area contributed by atoms with Crippen molar-refractivity contribution in [3.05, 3.63) is 0 Å². The van der Waals surface area contributed by atoms with E-state index in [1.165, 1.54) is 0 Å². The molecule has 0 atom stereocenters. The van der Waals surface area contributed by atoms with Crippen molar-refractivity contribution in [3.8, 4) is 0 Å². The van der Waals surface area contributed by atoms with Crippen molar-refractivity contribution >= 4 is 177 Å².